The minimum Gasteiger partial charge on any atom is -0.374 e. The van der Waals surface area contributed by atoms with Crippen molar-refractivity contribution >= 4 is 23.2 Å². The molecule has 104 valence electrons. The standard InChI is InChI=1S/C15H16N2O3/c18-14-8-17(12-4-2-1-3-11(12)16-14)15(19)10-7-9-5-6-13(10)20-9/h1-4,9-10,13H,5-8H2,(H,16,18)/t9-,10-,13+/m1/s1. The quantitative estimate of drug-likeness (QED) is 0.843. The molecule has 0 aliphatic carbocycles. The van der Waals surface area contributed by atoms with E-state index >= 15 is 0 Å². The second-order valence-electron chi connectivity index (χ2n) is 5.71. The largest absolute Gasteiger partial charge is 0.374 e. The smallest absolute Gasteiger partial charge is 0.244 e. The highest BCUT2D eigenvalue weighted by molar-refractivity contribution is 6.10. The molecule has 0 aromatic heterocycles. The van der Waals surface area contributed by atoms with Crippen LogP contribution in [0.15, 0.2) is 24.3 Å². The summed E-state index contributed by atoms with van der Waals surface area (Å²) in [4.78, 5) is 26.2. The number of hydrogen-bond acceptors (Lipinski definition) is 3. The van der Waals surface area contributed by atoms with E-state index in [4.69, 9.17) is 4.74 Å². The first-order chi connectivity index (χ1) is 9.72. The molecule has 20 heavy (non-hydrogen) atoms. The maximum Gasteiger partial charge on any atom is 0.244 e. The zero-order valence-electron chi connectivity index (χ0n) is 11.0. The van der Waals surface area contributed by atoms with Crippen LogP contribution in [0.2, 0.25) is 0 Å². The first-order valence-corrected chi connectivity index (χ1v) is 7.08. The minimum atomic E-state index is -0.138. The zero-order valence-corrected chi connectivity index (χ0v) is 11.0. The van der Waals surface area contributed by atoms with Crippen LogP contribution in [0.4, 0.5) is 11.4 Å². The van der Waals surface area contributed by atoms with Crippen LogP contribution in [0, 0.1) is 5.92 Å². The molecule has 0 unspecified atom stereocenters. The normalized spacial score (nSPS) is 31.1. The highest BCUT2D eigenvalue weighted by Crippen LogP contribution is 2.41. The van der Waals surface area contributed by atoms with Crippen LogP contribution in [0.1, 0.15) is 19.3 Å². The van der Waals surface area contributed by atoms with E-state index in [2.05, 4.69) is 5.32 Å². The predicted molar refractivity (Wildman–Crippen MR) is 73.4 cm³/mol. The third-order valence-corrected chi connectivity index (χ3v) is 4.46. The van der Waals surface area contributed by atoms with Gasteiger partial charge in [-0.25, -0.2) is 0 Å². The van der Waals surface area contributed by atoms with Gasteiger partial charge in [0.25, 0.3) is 0 Å². The molecule has 3 atom stereocenters. The van der Waals surface area contributed by atoms with E-state index in [1.807, 2.05) is 24.3 Å². The van der Waals surface area contributed by atoms with Crippen molar-refractivity contribution in [3.63, 3.8) is 0 Å². The third-order valence-electron chi connectivity index (χ3n) is 4.46. The lowest BCUT2D eigenvalue weighted by molar-refractivity contribution is -0.126. The number of anilines is 2. The number of nitrogens with zero attached hydrogens (tertiary/aromatic N) is 1. The molecule has 3 aliphatic rings. The summed E-state index contributed by atoms with van der Waals surface area (Å²) < 4.78 is 5.76. The number of amides is 2. The van der Waals surface area contributed by atoms with Gasteiger partial charge in [0.15, 0.2) is 0 Å². The third kappa shape index (κ3) is 1.73. The minimum absolute atomic E-state index is 0.0273. The zero-order chi connectivity index (χ0) is 13.7. The van der Waals surface area contributed by atoms with E-state index in [1.54, 1.807) is 4.90 Å². The molecule has 5 nitrogen and oxygen atoms in total. The van der Waals surface area contributed by atoms with Crippen molar-refractivity contribution in [2.24, 2.45) is 5.92 Å². The van der Waals surface area contributed by atoms with Crippen LogP contribution < -0.4 is 10.2 Å². The summed E-state index contributed by atoms with van der Waals surface area (Å²) in [6.07, 6.45) is 3.10. The summed E-state index contributed by atoms with van der Waals surface area (Å²) in [5, 5.41) is 2.81. The van der Waals surface area contributed by atoms with Gasteiger partial charge in [0.05, 0.1) is 29.5 Å². The number of ether oxygens (including phenoxy) is 1. The average Bonchev–Trinajstić information content (AvgIpc) is 3.08. The Kier molecular flexibility index (Phi) is 2.57. The van der Waals surface area contributed by atoms with E-state index in [0.29, 0.717) is 5.69 Å². The number of fused-ring (bicyclic) bond motifs is 3. The summed E-state index contributed by atoms with van der Waals surface area (Å²) in [6, 6.07) is 7.44. The average molecular weight is 272 g/mol. The SMILES string of the molecule is O=C1CN(C(=O)[C@@H]2C[C@H]3CC[C@@H]2O3)c2ccccc2N1. The fraction of sp³-hybridized carbons (Fsp3) is 0.467. The lowest BCUT2D eigenvalue weighted by Crippen LogP contribution is -2.46. The van der Waals surface area contributed by atoms with Gasteiger partial charge in [-0.15, -0.1) is 0 Å². The molecule has 0 saturated carbocycles. The Balaban J connectivity index is 1.65. The van der Waals surface area contributed by atoms with Gasteiger partial charge in [0.2, 0.25) is 11.8 Å². The van der Waals surface area contributed by atoms with Crippen molar-refractivity contribution in [2.45, 2.75) is 31.5 Å². The van der Waals surface area contributed by atoms with Gasteiger partial charge in [-0.05, 0) is 31.4 Å². The molecule has 1 aromatic carbocycles. The summed E-state index contributed by atoms with van der Waals surface area (Å²) in [5.41, 5.74) is 1.50. The van der Waals surface area contributed by atoms with E-state index in [1.165, 1.54) is 0 Å². The molecule has 3 heterocycles. The maximum absolute atomic E-state index is 12.8. The van der Waals surface area contributed by atoms with Gasteiger partial charge in [-0.2, -0.15) is 0 Å². The lowest BCUT2D eigenvalue weighted by Gasteiger charge is -2.32. The van der Waals surface area contributed by atoms with Gasteiger partial charge >= 0.3 is 0 Å². The molecule has 3 aliphatic heterocycles. The molecule has 2 amide bonds. The van der Waals surface area contributed by atoms with Crippen molar-refractivity contribution in [3.05, 3.63) is 24.3 Å². The number of benzene rings is 1. The van der Waals surface area contributed by atoms with Gasteiger partial charge in [-0.3, -0.25) is 9.59 Å². The number of hydrogen-bond donors (Lipinski definition) is 1. The van der Waals surface area contributed by atoms with Crippen LogP contribution in [0.5, 0.6) is 0 Å². The summed E-state index contributed by atoms with van der Waals surface area (Å²) >= 11 is 0. The Morgan fingerprint density at radius 3 is 2.90 bits per heavy atom. The number of carbonyl (C=O) groups is 2. The monoisotopic (exact) mass is 272 g/mol. The predicted octanol–water partition coefficient (Wildman–Crippen LogP) is 1.54. The first-order valence-electron chi connectivity index (χ1n) is 7.08. The van der Waals surface area contributed by atoms with E-state index < -0.39 is 0 Å². The molecule has 1 N–H and O–H groups in total. The summed E-state index contributed by atoms with van der Waals surface area (Å²) in [5.74, 6) is -0.201. The highest BCUT2D eigenvalue weighted by atomic mass is 16.5. The summed E-state index contributed by atoms with van der Waals surface area (Å²) in [7, 11) is 0. The number of para-hydroxylation sites is 2. The fourth-order valence-electron chi connectivity index (χ4n) is 3.53. The molecule has 0 radical (unpaired) electrons. The molecule has 1 aromatic rings. The Hall–Kier alpha value is -1.88. The van der Waals surface area contributed by atoms with Crippen molar-refractivity contribution in [3.8, 4) is 0 Å². The number of carbonyl (C=O) groups excluding carboxylic acids is 2. The van der Waals surface area contributed by atoms with Crippen LogP contribution >= 0.6 is 0 Å². The molecule has 2 bridgehead atoms. The Labute approximate surface area is 116 Å². The fourth-order valence-corrected chi connectivity index (χ4v) is 3.53. The van der Waals surface area contributed by atoms with Crippen molar-refractivity contribution in [1.82, 2.24) is 0 Å². The van der Waals surface area contributed by atoms with Crippen molar-refractivity contribution in [2.75, 3.05) is 16.8 Å². The topological polar surface area (TPSA) is 58.6 Å². The van der Waals surface area contributed by atoms with Gasteiger partial charge in [-0.1, -0.05) is 12.1 Å². The number of rotatable bonds is 1. The summed E-state index contributed by atoms with van der Waals surface area (Å²) in [6.45, 7) is 0.101. The molecular weight excluding hydrogens is 256 g/mol. The van der Waals surface area contributed by atoms with Crippen LogP contribution in [0.3, 0.4) is 0 Å². The van der Waals surface area contributed by atoms with Gasteiger partial charge in [0, 0.05) is 0 Å². The maximum atomic E-state index is 12.8. The first kappa shape index (κ1) is 11.9. The van der Waals surface area contributed by atoms with Crippen LogP contribution in [0.25, 0.3) is 0 Å². The molecule has 0 spiro atoms. The molecule has 2 fully saturated rings. The molecule has 4 rings (SSSR count). The van der Waals surface area contributed by atoms with E-state index in [-0.39, 0.29) is 36.5 Å². The van der Waals surface area contributed by atoms with Crippen LogP contribution in [-0.4, -0.2) is 30.6 Å². The van der Waals surface area contributed by atoms with E-state index in [0.717, 1.165) is 24.9 Å². The second kappa shape index (κ2) is 4.31. The Bertz CT molecular complexity index is 586. The van der Waals surface area contributed by atoms with E-state index in [9.17, 15) is 9.59 Å². The molecule has 2 saturated heterocycles. The second-order valence-corrected chi connectivity index (χ2v) is 5.71. The molecule has 5 heteroatoms. The van der Waals surface area contributed by atoms with Crippen molar-refractivity contribution in [1.29, 1.82) is 0 Å². The Morgan fingerprint density at radius 1 is 1.30 bits per heavy atom. The Morgan fingerprint density at radius 2 is 2.15 bits per heavy atom. The van der Waals surface area contributed by atoms with Gasteiger partial charge < -0.3 is 15.0 Å². The molecular formula is C15H16N2O3. The van der Waals surface area contributed by atoms with Crippen LogP contribution in [-0.2, 0) is 14.3 Å². The van der Waals surface area contributed by atoms with Crippen molar-refractivity contribution < 1.29 is 14.3 Å². The number of nitrogens with one attached hydrogen (secondary N) is 1. The highest BCUT2D eigenvalue weighted by Gasteiger charge is 2.46. The lowest BCUT2D eigenvalue weighted by atomic mass is 9.88. The van der Waals surface area contributed by atoms with Gasteiger partial charge in [0.1, 0.15) is 6.54 Å².